The van der Waals surface area contributed by atoms with Gasteiger partial charge < -0.3 is 9.80 Å². The van der Waals surface area contributed by atoms with Crippen molar-refractivity contribution in [3.8, 4) is 0 Å². The third kappa shape index (κ3) is 3.59. The number of sulfone groups is 1. The van der Waals surface area contributed by atoms with E-state index in [2.05, 4.69) is 16.8 Å². The number of hydrogen-bond acceptors (Lipinski definition) is 6. The van der Waals surface area contributed by atoms with Crippen LogP contribution in [-0.2, 0) is 9.84 Å². The Morgan fingerprint density at radius 3 is 2.28 bits per heavy atom. The predicted molar refractivity (Wildman–Crippen MR) is 92.8 cm³/mol. The van der Waals surface area contributed by atoms with Crippen LogP contribution >= 0.6 is 11.8 Å². The highest BCUT2D eigenvalue weighted by molar-refractivity contribution is 8.14. The summed E-state index contributed by atoms with van der Waals surface area (Å²) in [6, 6.07) is 5.31. The molecule has 0 aliphatic carbocycles. The summed E-state index contributed by atoms with van der Waals surface area (Å²) in [7, 11) is -5.38. The lowest BCUT2D eigenvalue weighted by Gasteiger charge is -2.37. The first-order valence-corrected chi connectivity index (χ1v) is 10.2. The number of nitrogens with zero attached hydrogens (tertiary/aromatic N) is 3. The van der Waals surface area contributed by atoms with Gasteiger partial charge in [0.05, 0.1) is 17.1 Å². The predicted octanol–water partition coefficient (Wildman–Crippen LogP) is 2.59. The number of rotatable bonds is 2. The first-order valence-electron chi connectivity index (χ1n) is 7.81. The molecule has 0 spiro atoms. The number of halogens is 3. The number of para-hydroxylation sites is 1. The molecule has 1 atom stereocenters. The van der Waals surface area contributed by atoms with E-state index in [0.29, 0.717) is 31.4 Å². The largest absolute Gasteiger partial charge is 0.501 e. The number of benzene rings is 1. The van der Waals surface area contributed by atoms with Gasteiger partial charge in [-0.15, -0.1) is 0 Å². The van der Waals surface area contributed by atoms with Gasteiger partial charge in [-0.1, -0.05) is 30.8 Å². The molecule has 1 unspecified atom stereocenters. The van der Waals surface area contributed by atoms with Gasteiger partial charge in [-0.25, -0.2) is 8.42 Å². The van der Waals surface area contributed by atoms with E-state index >= 15 is 0 Å². The summed E-state index contributed by atoms with van der Waals surface area (Å²) in [5.41, 5.74) is -5.20. The average molecular weight is 393 g/mol. The zero-order valence-corrected chi connectivity index (χ0v) is 15.2. The molecule has 1 fully saturated rings. The summed E-state index contributed by atoms with van der Waals surface area (Å²) in [4.78, 5) is 7.58. The number of alkyl halides is 3. The Morgan fingerprint density at radius 1 is 1.12 bits per heavy atom. The molecular weight excluding hydrogens is 375 g/mol. The minimum Gasteiger partial charge on any atom is -0.367 e. The van der Waals surface area contributed by atoms with E-state index in [1.807, 2.05) is 0 Å². The van der Waals surface area contributed by atoms with Gasteiger partial charge in [0, 0.05) is 31.4 Å². The Labute approximate surface area is 148 Å². The zero-order chi connectivity index (χ0) is 18.2. The molecule has 138 valence electrons. The van der Waals surface area contributed by atoms with Crippen LogP contribution in [0.4, 0.5) is 18.9 Å². The molecule has 0 N–H and O–H groups in total. The molecule has 1 aromatic carbocycles. The van der Waals surface area contributed by atoms with E-state index in [0.717, 1.165) is 17.8 Å². The summed E-state index contributed by atoms with van der Waals surface area (Å²) < 4.78 is 62.5. The van der Waals surface area contributed by atoms with Gasteiger partial charge in [0.15, 0.2) is 5.17 Å². The van der Waals surface area contributed by atoms with Gasteiger partial charge in [0.1, 0.15) is 0 Å². The average Bonchev–Trinajstić information content (AvgIpc) is 3.00. The molecule has 0 aromatic heterocycles. The third-order valence-corrected chi connectivity index (χ3v) is 6.82. The maximum absolute atomic E-state index is 12.9. The van der Waals surface area contributed by atoms with Crippen LogP contribution in [0.5, 0.6) is 0 Å². The number of anilines is 1. The first-order chi connectivity index (χ1) is 11.7. The van der Waals surface area contributed by atoms with Crippen molar-refractivity contribution < 1.29 is 21.6 Å². The highest BCUT2D eigenvalue weighted by atomic mass is 32.2. The second kappa shape index (κ2) is 6.71. The van der Waals surface area contributed by atoms with Crippen molar-refractivity contribution >= 4 is 32.5 Å². The maximum Gasteiger partial charge on any atom is 0.501 e. The Balaban J connectivity index is 1.79. The number of hydrogen-bond donors (Lipinski definition) is 0. The molecule has 2 aliphatic heterocycles. The van der Waals surface area contributed by atoms with Gasteiger partial charge in [0.25, 0.3) is 9.84 Å². The normalized spacial score (nSPS) is 22.2. The Hall–Kier alpha value is -1.42. The molecule has 0 bridgehead atoms. The van der Waals surface area contributed by atoms with E-state index in [1.54, 1.807) is 22.7 Å². The molecule has 5 nitrogen and oxygen atoms in total. The zero-order valence-electron chi connectivity index (χ0n) is 13.5. The quantitative estimate of drug-likeness (QED) is 0.773. The Kier molecular flexibility index (Phi) is 4.93. The number of aliphatic imine (C=N–C) groups is 1. The van der Waals surface area contributed by atoms with Crippen molar-refractivity contribution in [2.24, 2.45) is 4.99 Å². The van der Waals surface area contributed by atoms with Gasteiger partial charge in [-0.2, -0.15) is 13.2 Å². The van der Waals surface area contributed by atoms with Crippen LogP contribution in [0, 0.1) is 0 Å². The number of amidine groups is 1. The van der Waals surface area contributed by atoms with E-state index in [1.165, 1.54) is 12.1 Å². The maximum atomic E-state index is 12.9. The SMILES string of the molecule is CC1CN=C(N2CCN(c3ccccc3S(=O)(=O)C(F)(F)F)CC2)S1. The van der Waals surface area contributed by atoms with Crippen LogP contribution in [0.2, 0.25) is 0 Å². The van der Waals surface area contributed by atoms with Crippen molar-refractivity contribution in [3.63, 3.8) is 0 Å². The summed E-state index contributed by atoms with van der Waals surface area (Å²) >= 11 is 1.69. The van der Waals surface area contributed by atoms with Gasteiger partial charge in [-0.3, -0.25) is 4.99 Å². The van der Waals surface area contributed by atoms with Crippen LogP contribution in [0.3, 0.4) is 0 Å². The summed E-state index contributed by atoms with van der Waals surface area (Å²) in [5.74, 6) is 0. The lowest BCUT2D eigenvalue weighted by atomic mass is 10.2. The van der Waals surface area contributed by atoms with Crippen molar-refractivity contribution in [2.75, 3.05) is 37.6 Å². The van der Waals surface area contributed by atoms with Crippen molar-refractivity contribution in [3.05, 3.63) is 24.3 Å². The molecule has 2 heterocycles. The van der Waals surface area contributed by atoms with Gasteiger partial charge >= 0.3 is 5.51 Å². The Morgan fingerprint density at radius 2 is 1.72 bits per heavy atom. The van der Waals surface area contributed by atoms with E-state index < -0.39 is 20.2 Å². The fourth-order valence-corrected chi connectivity index (χ4v) is 4.81. The first kappa shape index (κ1) is 18.4. The highest BCUT2D eigenvalue weighted by Crippen LogP contribution is 2.36. The minimum atomic E-state index is -5.38. The fourth-order valence-electron chi connectivity index (χ4n) is 2.84. The molecule has 0 amide bonds. The second-order valence-corrected chi connectivity index (χ2v) is 9.26. The standard InChI is InChI=1S/C15H18F3N3O2S2/c1-11-10-19-14(24-11)21-8-6-20(7-9-21)12-4-2-3-5-13(12)25(22,23)15(16,17)18/h2-5,11H,6-10H2,1H3. The van der Waals surface area contributed by atoms with E-state index in [-0.39, 0.29) is 5.69 Å². The fraction of sp³-hybridized carbons (Fsp3) is 0.533. The van der Waals surface area contributed by atoms with Crippen molar-refractivity contribution in [2.45, 2.75) is 22.6 Å². The van der Waals surface area contributed by atoms with Gasteiger partial charge in [0.2, 0.25) is 0 Å². The molecule has 2 aliphatic rings. The topological polar surface area (TPSA) is 53.0 Å². The minimum absolute atomic E-state index is 0.105. The van der Waals surface area contributed by atoms with Gasteiger partial charge in [-0.05, 0) is 12.1 Å². The lowest BCUT2D eigenvalue weighted by Crippen LogP contribution is -2.48. The van der Waals surface area contributed by atoms with Crippen molar-refractivity contribution in [1.82, 2.24) is 4.90 Å². The Bertz CT molecular complexity index is 772. The molecule has 0 radical (unpaired) electrons. The lowest BCUT2D eigenvalue weighted by molar-refractivity contribution is -0.0435. The van der Waals surface area contributed by atoms with Crippen LogP contribution in [0.15, 0.2) is 34.2 Å². The smallest absolute Gasteiger partial charge is 0.367 e. The molecule has 1 aromatic rings. The van der Waals surface area contributed by atoms with Crippen LogP contribution in [0.1, 0.15) is 6.92 Å². The third-order valence-electron chi connectivity index (χ3n) is 4.14. The van der Waals surface area contributed by atoms with Crippen LogP contribution < -0.4 is 4.90 Å². The molecule has 3 rings (SSSR count). The summed E-state index contributed by atoms with van der Waals surface area (Å²) in [5, 5.41) is 1.40. The number of thioether (sulfide) groups is 1. The van der Waals surface area contributed by atoms with E-state index in [4.69, 9.17) is 0 Å². The van der Waals surface area contributed by atoms with Crippen LogP contribution in [0.25, 0.3) is 0 Å². The summed E-state index contributed by atoms with van der Waals surface area (Å²) in [6.07, 6.45) is 0. The molecule has 0 saturated carbocycles. The van der Waals surface area contributed by atoms with Crippen LogP contribution in [-0.4, -0.2) is 62.0 Å². The van der Waals surface area contributed by atoms with Crippen molar-refractivity contribution in [1.29, 1.82) is 0 Å². The number of piperazine rings is 1. The molecule has 1 saturated heterocycles. The molecule has 10 heteroatoms. The second-order valence-electron chi connectivity index (χ2n) is 5.94. The molecule has 25 heavy (non-hydrogen) atoms. The summed E-state index contributed by atoms with van der Waals surface area (Å²) in [6.45, 7) is 4.94. The molecular formula is C15H18F3N3O2S2. The monoisotopic (exact) mass is 393 g/mol. The van der Waals surface area contributed by atoms with E-state index in [9.17, 15) is 21.6 Å². The highest BCUT2D eigenvalue weighted by Gasteiger charge is 2.48.